The van der Waals surface area contributed by atoms with Gasteiger partial charge in [-0.25, -0.2) is 9.97 Å². The summed E-state index contributed by atoms with van der Waals surface area (Å²) in [6.07, 6.45) is 1.55. The number of fused-ring (bicyclic) bond motifs is 2. The fourth-order valence-corrected chi connectivity index (χ4v) is 3.76. The van der Waals surface area contributed by atoms with Crippen LogP contribution >= 0.6 is 12.2 Å². The maximum Gasteiger partial charge on any atom is 0.178 e. The predicted octanol–water partition coefficient (Wildman–Crippen LogP) is 4.98. The summed E-state index contributed by atoms with van der Waals surface area (Å²) >= 11 is 5.49. The summed E-state index contributed by atoms with van der Waals surface area (Å²) in [4.78, 5) is 12.2. The number of hydrogen-bond donors (Lipinski definition) is 2. The third kappa shape index (κ3) is 3.05. The van der Waals surface area contributed by atoms with Crippen LogP contribution in [0.1, 0.15) is 19.9 Å². The molecule has 2 aromatic heterocycles. The maximum atomic E-state index is 5.49. The van der Waals surface area contributed by atoms with Crippen molar-refractivity contribution in [3.8, 4) is 11.5 Å². The fraction of sp³-hybridized carbons (Fsp3) is 0.250. The highest BCUT2D eigenvalue weighted by molar-refractivity contribution is 7.71. The van der Waals surface area contributed by atoms with Gasteiger partial charge < -0.3 is 24.3 Å². The lowest BCUT2D eigenvalue weighted by molar-refractivity contribution is 0.355. The van der Waals surface area contributed by atoms with Gasteiger partial charge in [0.05, 0.1) is 30.8 Å². The van der Waals surface area contributed by atoms with Crippen molar-refractivity contribution in [3.63, 3.8) is 0 Å². The Morgan fingerprint density at radius 2 is 1.86 bits per heavy atom. The van der Waals surface area contributed by atoms with Crippen LogP contribution in [-0.4, -0.2) is 33.7 Å². The minimum absolute atomic E-state index is 0.255. The van der Waals surface area contributed by atoms with Crippen LogP contribution in [0.15, 0.2) is 36.7 Å². The van der Waals surface area contributed by atoms with Gasteiger partial charge in [-0.15, -0.1) is 0 Å². The van der Waals surface area contributed by atoms with Gasteiger partial charge in [-0.3, -0.25) is 0 Å². The molecule has 0 spiro atoms. The Labute approximate surface area is 167 Å². The van der Waals surface area contributed by atoms with Crippen molar-refractivity contribution in [3.05, 3.63) is 41.4 Å². The number of anilines is 2. The second kappa shape index (κ2) is 7.12. The van der Waals surface area contributed by atoms with E-state index in [4.69, 9.17) is 21.7 Å². The third-order valence-corrected chi connectivity index (χ3v) is 4.93. The highest BCUT2D eigenvalue weighted by Gasteiger charge is 2.13. The van der Waals surface area contributed by atoms with E-state index in [2.05, 4.69) is 38.7 Å². The van der Waals surface area contributed by atoms with E-state index in [9.17, 15) is 0 Å². The highest BCUT2D eigenvalue weighted by Crippen LogP contribution is 2.33. The molecule has 4 rings (SSSR count). The second-order valence-corrected chi connectivity index (χ2v) is 7.08. The Balaban J connectivity index is 1.83. The van der Waals surface area contributed by atoms with E-state index in [1.807, 2.05) is 30.3 Å². The maximum absolute atomic E-state index is 5.49. The van der Waals surface area contributed by atoms with Gasteiger partial charge >= 0.3 is 0 Å². The molecule has 0 bridgehead atoms. The number of hydrogen-bond acceptors (Lipinski definition) is 6. The van der Waals surface area contributed by atoms with E-state index in [0.717, 1.165) is 27.6 Å². The number of nitrogens with zero attached hydrogens (tertiary/aromatic N) is 3. The van der Waals surface area contributed by atoms with Gasteiger partial charge in [-0.05, 0) is 50.3 Å². The van der Waals surface area contributed by atoms with Crippen LogP contribution in [0.25, 0.3) is 21.9 Å². The van der Waals surface area contributed by atoms with E-state index >= 15 is 0 Å². The third-order valence-electron chi connectivity index (χ3n) is 4.64. The highest BCUT2D eigenvalue weighted by atomic mass is 32.1. The monoisotopic (exact) mass is 395 g/mol. The smallest absolute Gasteiger partial charge is 0.178 e. The molecule has 2 aromatic carbocycles. The predicted molar refractivity (Wildman–Crippen MR) is 113 cm³/mol. The summed E-state index contributed by atoms with van der Waals surface area (Å²) < 4.78 is 13.5. The molecule has 0 saturated heterocycles. The van der Waals surface area contributed by atoms with Crippen LogP contribution in [-0.2, 0) is 0 Å². The van der Waals surface area contributed by atoms with Gasteiger partial charge in [0.2, 0.25) is 0 Å². The lowest BCUT2D eigenvalue weighted by atomic mass is 10.2. The number of ether oxygens (including phenoxy) is 2. The first kappa shape index (κ1) is 18.2. The fourth-order valence-electron chi connectivity index (χ4n) is 3.34. The zero-order chi connectivity index (χ0) is 19.8. The number of imidazole rings is 1. The Morgan fingerprint density at radius 3 is 2.57 bits per heavy atom. The molecule has 7 nitrogen and oxygen atoms in total. The Morgan fingerprint density at radius 1 is 1.07 bits per heavy atom. The van der Waals surface area contributed by atoms with Crippen LogP contribution in [0, 0.1) is 4.77 Å². The lowest BCUT2D eigenvalue weighted by Gasteiger charge is -2.12. The topological polar surface area (TPSA) is 77.0 Å². The number of aromatic nitrogens is 4. The van der Waals surface area contributed by atoms with Crippen molar-refractivity contribution >= 4 is 45.7 Å². The molecule has 0 aliphatic carbocycles. The van der Waals surface area contributed by atoms with Gasteiger partial charge in [0, 0.05) is 23.2 Å². The van der Waals surface area contributed by atoms with E-state index in [1.165, 1.54) is 0 Å². The standard InChI is InChI=1S/C20H21N5O2S/c1-11(2)25-16-9-14-13(8-15(16)24-20(25)28)19(22-10-21-14)23-12-5-6-17(26-3)18(7-12)27-4/h5-11H,1-4H3,(H,24,28)(H,21,22,23). The average molecular weight is 395 g/mol. The molecule has 0 unspecified atom stereocenters. The normalized spacial score (nSPS) is 11.3. The molecular formula is C20H21N5O2S. The number of methoxy groups -OCH3 is 2. The van der Waals surface area contributed by atoms with Gasteiger partial charge in [-0.1, -0.05) is 0 Å². The Kier molecular flexibility index (Phi) is 4.64. The van der Waals surface area contributed by atoms with E-state index in [0.29, 0.717) is 22.1 Å². The molecule has 0 fully saturated rings. The van der Waals surface area contributed by atoms with Gasteiger partial charge in [0.25, 0.3) is 0 Å². The molecule has 0 saturated carbocycles. The van der Waals surface area contributed by atoms with Crippen LogP contribution < -0.4 is 14.8 Å². The van der Waals surface area contributed by atoms with Gasteiger partial charge in [-0.2, -0.15) is 0 Å². The summed E-state index contributed by atoms with van der Waals surface area (Å²) in [6.45, 7) is 4.22. The Hall–Kier alpha value is -3.13. The molecule has 4 aromatic rings. The number of benzene rings is 2. The number of H-pyrrole nitrogens is 1. The van der Waals surface area contributed by atoms with Crippen molar-refractivity contribution < 1.29 is 9.47 Å². The summed E-state index contributed by atoms with van der Waals surface area (Å²) in [5.74, 6) is 2.02. The summed E-state index contributed by atoms with van der Waals surface area (Å²) in [7, 11) is 3.22. The molecule has 144 valence electrons. The molecule has 0 radical (unpaired) electrons. The second-order valence-electron chi connectivity index (χ2n) is 6.70. The first-order valence-corrected chi connectivity index (χ1v) is 9.30. The number of aromatic amines is 1. The van der Waals surface area contributed by atoms with Crippen molar-refractivity contribution in [2.75, 3.05) is 19.5 Å². The molecule has 0 atom stereocenters. The molecule has 0 aliphatic heterocycles. The van der Waals surface area contributed by atoms with Crippen molar-refractivity contribution in [2.24, 2.45) is 0 Å². The zero-order valence-corrected chi connectivity index (χ0v) is 16.9. The van der Waals surface area contributed by atoms with Crippen LogP contribution in [0.2, 0.25) is 0 Å². The zero-order valence-electron chi connectivity index (χ0n) is 16.1. The molecule has 0 aliphatic rings. The number of rotatable bonds is 5. The first-order chi connectivity index (χ1) is 13.5. The van der Waals surface area contributed by atoms with Crippen LogP contribution in [0.3, 0.4) is 0 Å². The summed E-state index contributed by atoms with van der Waals surface area (Å²) in [5.41, 5.74) is 3.67. The van der Waals surface area contributed by atoms with Crippen molar-refractivity contribution in [1.82, 2.24) is 19.5 Å². The van der Waals surface area contributed by atoms with E-state index in [1.54, 1.807) is 20.5 Å². The SMILES string of the molecule is COc1ccc(Nc2ncnc3cc4c(cc23)[nH]c(=S)n4C(C)C)cc1OC. The van der Waals surface area contributed by atoms with Gasteiger partial charge in [0.15, 0.2) is 16.3 Å². The Bertz CT molecular complexity index is 1230. The number of nitrogens with one attached hydrogen (secondary N) is 2. The summed E-state index contributed by atoms with van der Waals surface area (Å²) in [5, 5.41) is 4.25. The summed E-state index contributed by atoms with van der Waals surface area (Å²) in [6, 6.07) is 9.96. The molecule has 2 N–H and O–H groups in total. The molecule has 2 heterocycles. The molecular weight excluding hydrogens is 374 g/mol. The quantitative estimate of drug-likeness (QED) is 0.464. The average Bonchev–Trinajstić information content (AvgIpc) is 3.01. The van der Waals surface area contributed by atoms with Crippen LogP contribution in [0.5, 0.6) is 11.5 Å². The largest absolute Gasteiger partial charge is 0.493 e. The minimum atomic E-state index is 0.255. The van der Waals surface area contributed by atoms with Crippen molar-refractivity contribution in [2.45, 2.75) is 19.9 Å². The molecule has 0 amide bonds. The first-order valence-electron chi connectivity index (χ1n) is 8.90. The molecule has 8 heteroatoms. The van der Waals surface area contributed by atoms with Crippen LogP contribution in [0.4, 0.5) is 11.5 Å². The van der Waals surface area contributed by atoms with E-state index < -0.39 is 0 Å². The van der Waals surface area contributed by atoms with E-state index in [-0.39, 0.29) is 6.04 Å². The molecule has 28 heavy (non-hydrogen) atoms. The van der Waals surface area contributed by atoms with Crippen molar-refractivity contribution in [1.29, 1.82) is 0 Å². The van der Waals surface area contributed by atoms with Gasteiger partial charge in [0.1, 0.15) is 12.1 Å². The minimum Gasteiger partial charge on any atom is -0.493 e. The lowest BCUT2D eigenvalue weighted by Crippen LogP contribution is -2.00.